The van der Waals surface area contributed by atoms with Crippen LogP contribution in [0.4, 0.5) is 4.79 Å². The van der Waals surface area contributed by atoms with Gasteiger partial charge in [0.25, 0.3) is 0 Å². The lowest BCUT2D eigenvalue weighted by atomic mass is 9.75. The monoisotopic (exact) mass is 257 g/mol. The zero-order valence-electron chi connectivity index (χ0n) is 11.9. The van der Waals surface area contributed by atoms with Crippen molar-refractivity contribution in [2.24, 2.45) is 0 Å². The van der Waals surface area contributed by atoms with Crippen LogP contribution in [0.3, 0.4) is 0 Å². The van der Waals surface area contributed by atoms with E-state index >= 15 is 0 Å². The number of hydrogen-bond acceptors (Lipinski definition) is 4. The minimum Gasteiger partial charge on any atom is -0.467 e. The van der Waals surface area contributed by atoms with Gasteiger partial charge in [0.05, 0.1) is 7.11 Å². The molecule has 1 rings (SSSR count). The van der Waals surface area contributed by atoms with E-state index in [1.807, 2.05) is 27.7 Å². The summed E-state index contributed by atoms with van der Waals surface area (Å²) < 4.78 is 10.2. The Kier molecular flexibility index (Phi) is 4.24. The third-order valence-corrected chi connectivity index (χ3v) is 3.19. The van der Waals surface area contributed by atoms with Gasteiger partial charge in [-0.25, -0.2) is 9.59 Å². The summed E-state index contributed by atoms with van der Waals surface area (Å²) in [5.41, 5.74) is -1.38. The molecule has 1 aliphatic rings. The maximum absolute atomic E-state index is 12.1. The number of hydrogen-bond donors (Lipinski definition) is 0. The standard InChI is InChI=1S/C13H23NO4/c1-6-14(11(16)18-12(2,3)4)13(8-7-9-13)10(15)17-5/h6-9H2,1-5H3. The first-order valence-electron chi connectivity index (χ1n) is 6.36. The van der Waals surface area contributed by atoms with Gasteiger partial charge in [-0.2, -0.15) is 0 Å². The van der Waals surface area contributed by atoms with Crippen LogP contribution >= 0.6 is 0 Å². The van der Waals surface area contributed by atoms with Gasteiger partial charge < -0.3 is 9.47 Å². The number of ether oxygens (including phenoxy) is 2. The lowest BCUT2D eigenvalue weighted by Crippen LogP contribution is -2.62. The Morgan fingerprint density at radius 1 is 1.28 bits per heavy atom. The predicted octanol–water partition coefficient (Wildman–Crippen LogP) is 2.34. The van der Waals surface area contributed by atoms with Crippen molar-refractivity contribution in [3.8, 4) is 0 Å². The summed E-state index contributed by atoms with van der Waals surface area (Å²) in [6, 6.07) is 0. The zero-order chi connectivity index (χ0) is 14.0. The average Bonchev–Trinajstić information content (AvgIpc) is 2.19. The molecule has 0 atom stereocenters. The van der Waals surface area contributed by atoms with Crippen LogP contribution in [0.2, 0.25) is 0 Å². The number of carbonyl (C=O) groups excluding carboxylic acids is 2. The quantitative estimate of drug-likeness (QED) is 0.728. The van der Waals surface area contributed by atoms with Crippen LogP contribution in [-0.4, -0.2) is 41.8 Å². The Balaban J connectivity index is 2.88. The van der Waals surface area contributed by atoms with Crippen molar-refractivity contribution in [3.05, 3.63) is 0 Å². The molecule has 0 aromatic rings. The first-order valence-corrected chi connectivity index (χ1v) is 6.36. The second-order valence-corrected chi connectivity index (χ2v) is 5.60. The molecule has 1 fully saturated rings. The van der Waals surface area contributed by atoms with Gasteiger partial charge in [-0.3, -0.25) is 4.90 Å². The van der Waals surface area contributed by atoms with Crippen molar-refractivity contribution < 1.29 is 19.1 Å². The van der Waals surface area contributed by atoms with Crippen LogP contribution in [-0.2, 0) is 14.3 Å². The summed E-state index contributed by atoms with van der Waals surface area (Å²) in [7, 11) is 1.35. The Morgan fingerprint density at radius 2 is 1.83 bits per heavy atom. The fourth-order valence-electron chi connectivity index (χ4n) is 2.21. The fourth-order valence-corrected chi connectivity index (χ4v) is 2.21. The second kappa shape index (κ2) is 5.16. The molecule has 0 heterocycles. The van der Waals surface area contributed by atoms with Crippen LogP contribution in [0.15, 0.2) is 0 Å². The molecule has 0 radical (unpaired) electrons. The lowest BCUT2D eigenvalue weighted by molar-refractivity contribution is -0.161. The number of amides is 1. The van der Waals surface area contributed by atoms with E-state index in [-0.39, 0.29) is 5.97 Å². The van der Waals surface area contributed by atoms with Gasteiger partial charge in [-0.15, -0.1) is 0 Å². The van der Waals surface area contributed by atoms with E-state index in [1.54, 1.807) is 0 Å². The summed E-state index contributed by atoms with van der Waals surface area (Å²) in [4.78, 5) is 25.6. The minimum atomic E-state index is -0.814. The Hall–Kier alpha value is -1.26. The highest BCUT2D eigenvalue weighted by Crippen LogP contribution is 2.39. The molecule has 0 unspecified atom stereocenters. The summed E-state index contributed by atoms with van der Waals surface area (Å²) in [6.07, 6.45) is 1.77. The van der Waals surface area contributed by atoms with E-state index in [2.05, 4.69) is 0 Å². The maximum atomic E-state index is 12.1. The van der Waals surface area contributed by atoms with Crippen molar-refractivity contribution >= 4 is 12.1 Å². The van der Waals surface area contributed by atoms with Gasteiger partial charge in [-0.1, -0.05) is 0 Å². The number of nitrogens with zero attached hydrogens (tertiary/aromatic N) is 1. The highest BCUT2D eigenvalue weighted by Gasteiger charge is 2.52. The first-order chi connectivity index (χ1) is 8.27. The van der Waals surface area contributed by atoms with Gasteiger partial charge in [-0.05, 0) is 47.0 Å². The Morgan fingerprint density at radius 3 is 2.11 bits per heavy atom. The second-order valence-electron chi connectivity index (χ2n) is 5.60. The highest BCUT2D eigenvalue weighted by atomic mass is 16.6. The Labute approximate surface area is 108 Å². The molecule has 18 heavy (non-hydrogen) atoms. The number of methoxy groups -OCH3 is 1. The van der Waals surface area contributed by atoms with Crippen LogP contribution in [0, 0.1) is 0 Å². The van der Waals surface area contributed by atoms with Crippen LogP contribution < -0.4 is 0 Å². The van der Waals surface area contributed by atoms with E-state index in [1.165, 1.54) is 12.0 Å². The van der Waals surface area contributed by atoms with Crippen molar-refractivity contribution in [1.82, 2.24) is 4.90 Å². The molecule has 0 aromatic heterocycles. The third-order valence-electron chi connectivity index (χ3n) is 3.19. The summed E-state index contributed by atoms with van der Waals surface area (Å²) in [5, 5.41) is 0. The molecule has 104 valence electrons. The maximum Gasteiger partial charge on any atom is 0.411 e. The number of carbonyl (C=O) groups is 2. The van der Waals surface area contributed by atoms with E-state index in [4.69, 9.17) is 9.47 Å². The minimum absolute atomic E-state index is 0.346. The SMILES string of the molecule is CCN(C(=O)OC(C)(C)C)C1(C(=O)OC)CCC1. The largest absolute Gasteiger partial charge is 0.467 e. The van der Waals surface area contributed by atoms with Crippen molar-refractivity contribution in [1.29, 1.82) is 0 Å². The van der Waals surface area contributed by atoms with Gasteiger partial charge >= 0.3 is 12.1 Å². The zero-order valence-corrected chi connectivity index (χ0v) is 11.9. The smallest absolute Gasteiger partial charge is 0.411 e. The first kappa shape index (κ1) is 14.8. The highest BCUT2D eigenvalue weighted by molar-refractivity contribution is 5.86. The number of rotatable bonds is 3. The normalized spacial score (nSPS) is 17.6. The van der Waals surface area contributed by atoms with Gasteiger partial charge in [0.15, 0.2) is 0 Å². The summed E-state index contributed by atoms with van der Waals surface area (Å²) >= 11 is 0. The fraction of sp³-hybridized carbons (Fsp3) is 0.846. The third kappa shape index (κ3) is 2.76. The predicted molar refractivity (Wildman–Crippen MR) is 67.2 cm³/mol. The molecule has 0 aliphatic heterocycles. The number of esters is 1. The van der Waals surface area contributed by atoms with Gasteiger partial charge in [0.2, 0.25) is 0 Å². The van der Waals surface area contributed by atoms with Crippen LogP contribution in [0.1, 0.15) is 47.0 Å². The van der Waals surface area contributed by atoms with Crippen LogP contribution in [0.25, 0.3) is 0 Å². The molecule has 0 aromatic carbocycles. The Bertz CT molecular complexity index is 328. The van der Waals surface area contributed by atoms with Crippen LogP contribution in [0.5, 0.6) is 0 Å². The molecule has 1 saturated carbocycles. The van der Waals surface area contributed by atoms with E-state index < -0.39 is 17.2 Å². The van der Waals surface area contributed by atoms with Crippen molar-refractivity contribution in [3.63, 3.8) is 0 Å². The van der Waals surface area contributed by atoms with Gasteiger partial charge in [0.1, 0.15) is 11.1 Å². The molecule has 5 heteroatoms. The van der Waals surface area contributed by atoms with Gasteiger partial charge in [0, 0.05) is 6.54 Å². The van der Waals surface area contributed by atoms with Crippen molar-refractivity contribution in [2.45, 2.75) is 58.1 Å². The molecular formula is C13H23NO4. The van der Waals surface area contributed by atoms with E-state index in [0.717, 1.165) is 6.42 Å². The molecule has 5 nitrogen and oxygen atoms in total. The molecule has 0 bridgehead atoms. The molecule has 0 spiro atoms. The van der Waals surface area contributed by atoms with E-state index in [9.17, 15) is 9.59 Å². The molecule has 1 aliphatic carbocycles. The average molecular weight is 257 g/mol. The number of likely N-dealkylation sites (N-methyl/N-ethyl adjacent to an activating group) is 1. The molecule has 1 amide bonds. The summed E-state index contributed by atoms with van der Waals surface area (Å²) in [6.45, 7) is 7.70. The molecular weight excluding hydrogens is 234 g/mol. The lowest BCUT2D eigenvalue weighted by Gasteiger charge is -2.46. The van der Waals surface area contributed by atoms with E-state index in [0.29, 0.717) is 19.4 Å². The van der Waals surface area contributed by atoms with Crippen molar-refractivity contribution in [2.75, 3.05) is 13.7 Å². The topological polar surface area (TPSA) is 55.8 Å². The summed E-state index contributed by atoms with van der Waals surface area (Å²) in [5.74, 6) is -0.346. The molecule has 0 saturated heterocycles. The molecule has 0 N–H and O–H groups in total.